The zero-order chi connectivity index (χ0) is 11.5. The van der Waals surface area contributed by atoms with Crippen LogP contribution in [-0.4, -0.2) is 50.1 Å². The second-order valence-electron chi connectivity index (χ2n) is 3.54. The predicted octanol–water partition coefficient (Wildman–Crippen LogP) is -1.51. The van der Waals surface area contributed by atoms with Gasteiger partial charge in [0.25, 0.3) is 0 Å². The molecular formula is C8H17N3O3S. The molecule has 15 heavy (non-hydrogen) atoms. The Kier molecular flexibility index (Phi) is 4.06. The molecule has 0 aliphatic carbocycles. The number of amides is 1. The van der Waals surface area contributed by atoms with E-state index in [1.165, 1.54) is 4.31 Å². The van der Waals surface area contributed by atoms with Crippen LogP contribution >= 0.6 is 0 Å². The molecular weight excluding hydrogens is 218 g/mol. The number of rotatable bonds is 4. The third-order valence-corrected chi connectivity index (χ3v) is 4.42. The van der Waals surface area contributed by atoms with Crippen molar-refractivity contribution in [2.24, 2.45) is 5.73 Å². The van der Waals surface area contributed by atoms with Crippen LogP contribution in [0.15, 0.2) is 0 Å². The molecule has 1 rings (SSSR count). The number of carbonyl (C=O) groups excluding carboxylic acids is 1. The Morgan fingerprint density at radius 1 is 1.60 bits per heavy atom. The monoisotopic (exact) mass is 235 g/mol. The molecule has 88 valence electrons. The highest BCUT2D eigenvalue weighted by molar-refractivity contribution is 7.89. The van der Waals surface area contributed by atoms with Crippen molar-refractivity contribution in [1.82, 2.24) is 9.62 Å². The van der Waals surface area contributed by atoms with Crippen LogP contribution in [0, 0.1) is 0 Å². The Labute approximate surface area is 89.9 Å². The zero-order valence-electron chi connectivity index (χ0n) is 8.77. The average molecular weight is 235 g/mol. The van der Waals surface area contributed by atoms with Gasteiger partial charge in [-0.2, -0.15) is 4.31 Å². The Balaban J connectivity index is 2.72. The van der Waals surface area contributed by atoms with E-state index in [1.807, 2.05) is 0 Å². The van der Waals surface area contributed by atoms with Gasteiger partial charge in [0.2, 0.25) is 15.9 Å². The van der Waals surface area contributed by atoms with Crippen molar-refractivity contribution in [3.05, 3.63) is 0 Å². The molecule has 1 heterocycles. The lowest BCUT2D eigenvalue weighted by Gasteiger charge is -2.31. The molecule has 1 amide bonds. The number of nitrogens with two attached hydrogens (primary N) is 1. The summed E-state index contributed by atoms with van der Waals surface area (Å²) in [6, 6.07) is -0.610. The highest BCUT2D eigenvalue weighted by Crippen LogP contribution is 2.11. The first-order valence-electron chi connectivity index (χ1n) is 4.96. The summed E-state index contributed by atoms with van der Waals surface area (Å²) in [6.07, 6.45) is 0.424. The molecule has 1 aliphatic rings. The Morgan fingerprint density at radius 3 is 2.87 bits per heavy atom. The lowest BCUT2D eigenvalue weighted by Crippen LogP contribution is -2.56. The summed E-state index contributed by atoms with van der Waals surface area (Å²) in [6.45, 7) is 2.66. The number of sulfonamides is 1. The SMILES string of the molecule is CC1C(=O)NCCN1S(=O)(=O)CCCN. The van der Waals surface area contributed by atoms with Gasteiger partial charge in [-0.15, -0.1) is 0 Å². The summed E-state index contributed by atoms with van der Waals surface area (Å²) in [4.78, 5) is 11.3. The molecule has 6 nitrogen and oxygen atoms in total. The fraction of sp³-hybridized carbons (Fsp3) is 0.875. The maximum absolute atomic E-state index is 11.8. The number of nitrogens with one attached hydrogen (secondary N) is 1. The minimum absolute atomic E-state index is 0.0150. The molecule has 0 aromatic rings. The van der Waals surface area contributed by atoms with Gasteiger partial charge < -0.3 is 11.1 Å². The zero-order valence-corrected chi connectivity index (χ0v) is 9.59. The van der Waals surface area contributed by atoms with E-state index in [9.17, 15) is 13.2 Å². The van der Waals surface area contributed by atoms with E-state index < -0.39 is 16.1 Å². The summed E-state index contributed by atoms with van der Waals surface area (Å²) >= 11 is 0. The van der Waals surface area contributed by atoms with E-state index in [4.69, 9.17) is 5.73 Å². The molecule has 1 saturated heterocycles. The van der Waals surface area contributed by atoms with Crippen molar-refractivity contribution in [3.63, 3.8) is 0 Å². The molecule has 0 aromatic carbocycles. The molecule has 0 saturated carbocycles. The number of piperazine rings is 1. The van der Waals surface area contributed by atoms with Gasteiger partial charge in [0.05, 0.1) is 5.75 Å². The van der Waals surface area contributed by atoms with Gasteiger partial charge in [-0.25, -0.2) is 8.42 Å². The number of carbonyl (C=O) groups is 1. The van der Waals surface area contributed by atoms with Crippen LogP contribution in [0.4, 0.5) is 0 Å². The Bertz CT molecular complexity index is 328. The normalized spacial score (nSPS) is 23.9. The van der Waals surface area contributed by atoms with Gasteiger partial charge >= 0.3 is 0 Å². The average Bonchev–Trinajstić information content (AvgIpc) is 2.19. The van der Waals surface area contributed by atoms with E-state index in [1.54, 1.807) is 6.92 Å². The van der Waals surface area contributed by atoms with Crippen LogP contribution in [-0.2, 0) is 14.8 Å². The van der Waals surface area contributed by atoms with Gasteiger partial charge in [-0.3, -0.25) is 4.79 Å². The quantitative estimate of drug-likeness (QED) is 0.619. The summed E-state index contributed by atoms with van der Waals surface area (Å²) in [5.74, 6) is -0.223. The van der Waals surface area contributed by atoms with Gasteiger partial charge in [0.1, 0.15) is 6.04 Å². The molecule has 0 radical (unpaired) electrons. The standard InChI is InChI=1S/C8H17N3O3S/c1-7-8(12)10-4-5-11(7)15(13,14)6-2-3-9/h7H,2-6,9H2,1H3,(H,10,12). The van der Waals surface area contributed by atoms with E-state index in [0.29, 0.717) is 26.1 Å². The largest absolute Gasteiger partial charge is 0.353 e. The van der Waals surface area contributed by atoms with Gasteiger partial charge in [-0.1, -0.05) is 0 Å². The summed E-state index contributed by atoms with van der Waals surface area (Å²) in [7, 11) is -3.34. The molecule has 1 atom stereocenters. The summed E-state index contributed by atoms with van der Waals surface area (Å²) < 4.78 is 24.8. The van der Waals surface area contributed by atoms with Crippen molar-refractivity contribution in [2.75, 3.05) is 25.4 Å². The minimum atomic E-state index is -3.34. The lowest BCUT2D eigenvalue weighted by molar-refractivity contribution is -0.126. The topological polar surface area (TPSA) is 92.5 Å². The maximum Gasteiger partial charge on any atom is 0.238 e. The maximum atomic E-state index is 11.8. The Morgan fingerprint density at radius 2 is 2.27 bits per heavy atom. The molecule has 1 aliphatic heterocycles. The highest BCUT2D eigenvalue weighted by Gasteiger charge is 2.33. The summed E-state index contributed by atoms with van der Waals surface area (Å²) in [5, 5.41) is 2.62. The van der Waals surface area contributed by atoms with E-state index in [-0.39, 0.29) is 11.7 Å². The third kappa shape index (κ3) is 2.90. The first-order valence-corrected chi connectivity index (χ1v) is 6.57. The first kappa shape index (κ1) is 12.4. The van der Waals surface area contributed by atoms with Crippen molar-refractivity contribution in [1.29, 1.82) is 0 Å². The van der Waals surface area contributed by atoms with Gasteiger partial charge in [0.15, 0.2) is 0 Å². The van der Waals surface area contributed by atoms with Crippen LogP contribution in [0.1, 0.15) is 13.3 Å². The number of nitrogens with zero attached hydrogens (tertiary/aromatic N) is 1. The van der Waals surface area contributed by atoms with E-state index in [0.717, 1.165) is 0 Å². The molecule has 7 heteroatoms. The predicted molar refractivity (Wildman–Crippen MR) is 56.6 cm³/mol. The molecule has 0 aromatic heterocycles. The molecule has 1 unspecified atom stereocenters. The summed E-state index contributed by atoms with van der Waals surface area (Å²) in [5.41, 5.74) is 5.26. The molecule has 3 N–H and O–H groups in total. The second-order valence-corrected chi connectivity index (χ2v) is 5.58. The van der Waals surface area contributed by atoms with Crippen molar-refractivity contribution < 1.29 is 13.2 Å². The molecule has 0 spiro atoms. The van der Waals surface area contributed by atoms with Crippen LogP contribution in [0.3, 0.4) is 0 Å². The van der Waals surface area contributed by atoms with Crippen LogP contribution in [0.5, 0.6) is 0 Å². The highest BCUT2D eigenvalue weighted by atomic mass is 32.2. The fourth-order valence-corrected chi connectivity index (χ4v) is 3.24. The van der Waals surface area contributed by atoms with Crippen LogP contribution in [0.25, 0.3) is 0 Å². The van der Waals surface area contributed by atoms with Crippen molar-refractivity contribution >= 4 is 15.9 Å². The number of hydrogen-bond acceptors (Lipinski definition) is 4. The minimum Gasteiger partial charge on any atom is -0.353 e. The van der Waals surface area contributed by atoms with Crippen LogP contribution < -0.4 is 11.1 Å². The van der Waals surface area contributed by atoms with Crippen LogP contribution in [0.2, 0.25) is 0 Å². The lowest BCUT2D eigenvalue weighted by atomic mass is 10.2. The first-order chi connectivity index (χ1) is 6.99. The third-order valence-electron chi connectivity index (χ3n) is 2.41. The van der Waals surface area contributed by atoms with E-state index in [2.05, 4.69) is 5.32 Å². The molecule has 1 fully saturated rings. The van der Waals surface area contributed by atoms with Crippen molar-refractivity contribution in [2.45, 2.75) is 19.4 Å². The second kappa shape index (κ2) is 4.91. The number of hydrogen-bond donors (Lipinski definition) is 2. The van der Waals surface area contributed by atoms with Crippen molar-refractivity contribution in [3.8, 4) is 0 Å². The molecule has 0 bridgehead atoms. The van der Waals surface area contributed by atoms with Gasteiger partial charge in [0, 0.05) is 13.1 Å². The van der Waals surface area contributed by atoms with Gasteiger partial charge in [-0.05, 0) is 19.9 Å². The van der Waals surface area contributed by atoms with E-state index >= 15 is 0 Å². The smallest absolute Gasteiger partial charge is 0.238 e. The fourth-order valence-electron chi connectivity index (χ4n) is 1.52. The Hall–Kier alpha value is -0.660.